The summed E-state index contributed by atoms with van der Waals surface area (Å²) in [5.74, 6) is 0.699. The van der Waals surface area contributed by atoms with E-state index in [9.17, 15) is 0 Å². The van der Waals surface area contributed by atoms with Crippen LogP contribution in [0.3, 0.4) is 0 Å². The van der Waals surface area contributed by atoms with E-state index in [0.29, 0.717) is 12.0 Å². The molecule has 2 nitrogen and oxygen atoms in total. The molecule has 0 aromatic carbocycles. The second kappa shape index (κ2) is 5.62. The minimum absolute atomic E-state index is 0. The van der Waals surface area contributed by atoms with Gasteiger partial charge in [0.05, 0.1) is 6.42 Å². The quantitative estimate of drug-likeness (QED) is 0.447. The molecule has 1 atom stereocenters. The summed E-state index contributed by atoms with van der Waals surface area (Å²) in [4.78, 5) is 0. The van der Waals surface area contributed by atoms with E-state index in [1.54, 1.807) is 0 Å². The number of halogens is 1. The first kappa shape index (κ1) is 12.9. The molecule has 13 heavy (non-hydrogen) atoms. The van der Waals surface area contributed by atoms with Crippen molar-refractivity contribution < 1.29 is 28.6 Å². The summed E-state index contributed by atoms with van der Waals surface area (Å²) in [5.41, 5.74) is 1.41. The Labute approximate surface area is 98.1 Å². The highest BCUT2D eigenvalue weighted by atomic mass is 127. The Bertz CT molecular complexity index is 215. The minimum atomic E-state index is 0. The first-order valence-electron chi connectivity index (χ1n) is 4.57. The van der Waals surface area contributed by atoms with E-state index in [1.807, 2.05) is 0 Å². The molecule has 0 aromatic rings. The Kier molecular flexibility index (Phi) is 5.60. The zero-order valence-electron chi connectivity index (χ0n) is 8.84. The van der Waals surface area contributed by atoms with Gasteiger partial charge >= 0.3 is 0 Å². The summed E-state index contributed by atoms with van der Waals surface area (Å²) >= 11 is 0. The van der Waals surface area contributed by atoms with Crippen LogP contribution < -0.4 is 29.3 Å². The van der Waals surface area contributed by atoms with Gasteiger partial charge in [-0.05, 0) is 5.92 Å². The average Bonchev–Trinajstić information content (AvgIpc) is 2.04. The molecule has 0 aliphatic carbocycles. The number of nitrogens with zero attached hydrogens (tertiary/aromatic N) is 1. The summed E-state index contributed by atoms with van der Waals surface area (Å²) in [6.07, 6.45) is 5.35. The first-order chi connectivity index (χ1) is 5.61. The molecule has 1 N–H and O–H groups in total. The SMILES string of the molecule is CC(C)C1CC(=[N+](C)C)C=CN1.[I-]. The van der Waals surface area contributed by atoms with Gasteiger partial charge in [0.2, 0.25) is 0 Å². The summed E-state index contributed by atoms with van der Waals surface area (Å²) in [5, 5.41) is 3.38. The Morgan fingerprint density at radius 3 is 2.54 bits per heavy atom. The highest BCUT2D eigenvalue weighted by Gasteiger charge is 2.20. The maximum absolute atomic E-state index is 3.38. The molecule has 1 heterocycles. The number of hydrogen-bond acceptors (Lipinski definition) is 1. The molecule has 0 spiro atoms. The van der Waals surface area contributed by atoms with Crippen LogP contribution >= 0.6 is 0 Å². The molecule has 0 radical (unpaired) electrons. The van der Waals surface area contributed by atoms with E-state index in [0.717, 1.165) is 6.42 Å². The minimum Gasteiger partial charge on any atom is -1.00 e. The van der Waals surface area contributed by atoms with Crippen LogP contribution in [-0.4, -0.2) is 30.4 Å². The van der Waals surface area contributed by atoms with Gasteiger partial charge in [0, 0.05) is 18.3 Å². The van der Waals surface area contributed by atoms with Crippen LogP contribution in [-0.2, 0) is 0 Å². The van der Waals surface area contributed by atoms with Gasteiger partial charge < -0.3 is 29.3 Å². The highest BCUT2D eigenvalue weighted by Crippen LogP contribution is 2.10. The van der Waals surface area contributed by atoms with Gasteiger partial charge in [-0.15, -0.1) is 0 Å². The maximum atomic E-state index is 3.38. The van der Waals surface area contributed by atoms with E-state index >= 15 is 0 Å². The predicted molar refractivity (Wildman–Crippen MR) is 52.6 cm³/mol. The van der Waals surface area contributed by atoms with Crippen LogP contribution in [0, 0.1) is 5.92 Å². The Hall–Kier alpha value is -0.0600. The molecule has 3 heteroatoms. The van der Waals surface area contributed by atoms with Gasteiger partial charge in [0.1, 0.15) is 14.1 Å². The molecule has 0 fully saturated rings. The largest absolute Gasteiger partial charge is 1.00 e. The van der Waals surface area contributed by atoms with E-state index in [-0.39, 0.29) is 24.0 Å². The molecule has 76 valence electrons. The molecule has 0 amide bonds. The third-order valence-corrected chi connectivity index (χ3v) is 2.39. The fourth-order valence-corrected chi connectivity index (χ4v) is 1.38. The first-order valence-corrected chi connectivity index (χ1v) is 4.57. The van der Waals surface area contributed by atoms with Crippen LogP contribution in [0.5, 0.6) is 0 Å². The molecule has 0 saturated heterocycles. The zero-order chi connectivity index (χ0) is 9.14. The lowest BCUT2D eigenvalue weighted by molar-refractivity contribution is -0.465. The van der Waals surface area contributed by atoms with Crippen LogP contribution in [0.15, 0.2) is 12.3 Å². The third-order valence-electron chi connectivity index (χ3n) is 2.39. The van der Waals surface area contributed by atoms with Crippen molar-refractivity contribution in [1.82, 2.24) is 5.32 Å². The van der Waals surface area contributed by atoms with E-state index < -0.39 is 0 Å². The molecule has 1 unspecified atom stereocenters. The van der Waals surface area contributed by atoms with Crippen molar-refractivity contribution in [2.45, 2.75) is 26.3 Å². The zero-order valence-corrected chi connectivity index (χ0v) is 11.0. The van der Waals surface area contributed by atoms with Crippen LogP contribution in [0.25, 0.3) is 0 Å². The molecule has 0 bridgehead atoms. The van der Waals surface area contributed by atoms with Crippen LogP contribution in [0.4, 0.5) is 0 Å². The van der Waals surface area contributed by atoms with E-state index in [2.05, 4.69) is 50.1 Å². The summed E-state index contributed by atoms with van der Waals surface area (Å²) in [6, 6.07) is 0.604. The van der Waals surface area contributed by atoms with Gasteiger partial charge in [-0.3, -0.25) is 0 Å². The molecule has 1 aliphatic rings. The second-order valence-electron chi connectivity index (χ2n) is 3.94. The highest BCUT2D eigenvalue weighted by molar-refractivity contribution is 5.91. The summed E-state index contributed by atoms with van der Waals surface area (Å²) in [7, 11) is 4.20. The average molecular weight is 294 g/mol. The Morgan fingerprint density at radius 1 is 1.46 bits per heavy atom. The van der Waals surface area contributed by atoms with E-state index in [4.69, 9.17) is 0 Å². The van der Waals surface area contributed by atoms with Crippen molar-refractivity contribution in [3.8, 4) is 0 Å². The fraction of sp³-hybridized carbons (Fsp3) is 0.700. The number of allylic oxidation sites excluding steroid dienone is 1. The number of rotatable bonds is 1. The van der Waals surface area contributed by atoms with Crippen LogP contribution in [0.1, 0.15) is 20.3 Å². The van der Waals surface area contributed by atoms with Gasteiger partial charge in [-0.1, -0.05) is 13.8 Å². The number of hydrogen-bond donors (Lipinski definition) is 1. The summed E-state index contributed by atoms with van der Waals surface area (Å²) in [6.45, 7) is 4.51. The lowest BCUT2D eigenvalue weighted by atomic mass is 9.96. The fourth-order valence-electron chi connectivity index (χ4n) is 1.38. The van der Waals surface area contributed by atoms with Crippen LogP contribution in [0.2, 0.25) is 0 Å². The van der Waals surface area contributed by atoms with E-state index in [1.165, 1.54) is 5.71 Å². The molecule has 1 rings (SSSR count). The second-order valence-corrected chi connectivity index (χ2v) is 3.94. The predicted octanol–water partition coefficient (Wildman–Crippen LogP) is -1.76. The lowest BCUT2D eigenvalue weighted by Gasteiger charge is -2.23. The maximum Gasteiger partial charge on any atom is 0.179 e. The third kappa shape index (κ3) is 3.67. The standard InChI is InChI=1S/C10H18N2.HI/c1-8(2)10-7-9(12(3)4)5-6-11-10;/h5-6,8,10H,7H2,1-4H3;1H. The Morgan fingerprint density at radius 2 is 2.08 bits per heavy atom. The lowest BCUT2D eigenvalue weighted by Crippen LogP contribution is -3.00. The van der Waals surface area contributed by atoms with Gasteiger partial charge in [-0.25, -0.2) is 4.58 Å². The molecular formula is C10H19IN2. The van der Waals surface area contributed by atoms with Crippen molar-refractivity contribution >= 4 is 5.71 Å². The number of nitrogens with one attached hydrogen (secondary N) is 1. The normalized spacial score (nSPS) is 21.0. The molecule has 1 aliphatic heterocycles. The topological polar surface area (TPSA) is 15.0 Å². The molecular weight excluding hydrogens is 275 g/mol. The molecule has 0 aromatic heterocycles. The monoisotopic (exact) mass is 294 g/mol. The smallest absolute Gasteiger partial charge is 0.179 e. The van der Waals surface area contributed by atoms with Crippen molar-refractivity contribution in [3.05, 3.63) is 12.3 Å². The van der Waals surface area contributed by atoms with Gasteiger partial charge in [-0.2, -0.15) is 0 Å². The Balaban J connectivity index is 0.00000144. The summed E-state index contributed by atoms with van der Waals surface area (Å²) < 4.78 is 2.19. The van der Waals surface area contributed by atoms with Crippen molar-refractivity contribution in [3.63, 3.8) is 0 Å². The van der Waals surface area contributed by atoms with Crippen molar-refractivity contribution in [2.75, 3.05) is 14.1 Å². The molecule has 0 saturated carbocycles. The van der Waals surface area contributed by atoms with Gasteiger partial charge in [0.25, 0.3) is 0 Å². The van der Waals surface area contributed by atoms with Crippen molar-refractivity contribution in [1.29, 1.82) is 0 Å². The van der Waals surface area contributed by atoms with Gasteiger partial charge in [0.15, 0.2) is 5.71 Å². The van der Waals surface area contributed by atoms with Crippen molar-refractivity contribution in [2.24, 2.45) is 5.92 Å².